The third-order valence-corrected chi connectivity index (χ3v) is 11.4. The van der Waals surface area contributed by atoms with Crippen LogP contribution >= 0.6 is 0 Å². The highest BCUT2D eigenvalue weighted by Crippen LogP contribution is 2.39. The van der Waals surface area contributed by atoms with Crippen LogP contribution in [0, 0.1) is 11.8 Å². The maximum Gasteiger partial charge on any atom is 0.338 e. The van der Waals surface area contributed by atoms with Gasteiger partial charge in [0.25, 0.3) is 0 Å². The number of unbranched alkanes of at least 4 members (excludes halogenated alkanes) is 4. The first-order chi connectivity index (χ1) is 23.7. The second-order valence-corrected chi connectivity index (χ2v) is 15.6. The molecule has 6 nitrogen and oxygen atoms in total. The van der Waals surface area contributed by atoms with Gasteiger partial charge in [-0.3, -0.25) is 0 Å². The SMILES string of the molecule is CCCCCC1CCC(c2ccc(C(=O)OC[C@H]3OC(C)(C)O[C@@H]3COC(=O)c3ccc(C4CCC(CCCCC)CC4)cc3)cc2)CC1. The molecule has 2 aromatic rings. The average molecular weight is 675 g/mol. The van der Waals surface area contributed by atoms with Gasteiger partial charge in [-0.15, -0.1) is 0 Å². The lowest BCUT2D eigenvalue weighted by molar-refractivity contribution is -0.151. The van der Waals surface area contributed by atoms with Gasteiger partial charge < -0.3 is 18.9 Å². The van der Waals surface area contributed by atoms with Crippen molar-refractivity contribution in [2.24, 2.45) is 11.8 Å². The molecule has 0 aromatic heterocycles. The van der Waals surface area contributed by atoms with Gasteiger partial charge in [0, 0.05) is 0 Å². The number of benzene rings is 2. The van der Waals surface area contributed by atoms with Crippen LogP contribution in [-0.2, 0) is 18.9 Å². The third kappa shape index (κ3) is 11.1. The van der Waals surface area contributed by atoms with Crippen molar-refractivity contribution in [1.82, 2.24) is 0 Å². The number of carbonyl (C=O) groups is 2. The van der Waals surface area contributed by atoms with Crippen LogP contribution < -0.4 is 0 Å². The minimum atomic E-state index is -0.874. The van der Waals surface area contributed by atoms with E-state index >= 15 is 0 Å². The van der Waals surface area contributed by atoms with Crippen molar-refractivity contribution in [3.63, 3.8) is 0 Å². The number of hydrogen-bond acceptors (Lipinski definition) is 6. The molecular weight excluding hydrogens is 612 g/mol. The Bertz CT molecular complexity index is 1190. The zero-order valence-corrected chi connectivity index (χ0v) is 30.8. The van der Waals surface area contributed by atoms with E-state index in [0.717, 1.165) is 11.8 Å². The van der Waals surface area contributed by atoms with E-state index in [1.54, 1.807) is 0 Å². The quantitative estimate of drug-likeness (QED) is 0.130. The van der Waals surface area contributed by atoms with E-state index in [4.69, 9.17) is 18.9 Å². The molecule has 1 aliphatic heterocycles. The Labute approximate surface area is 296 Å². The number of hydrogen-bond donors (Lipinski definition) is 0. The second kappa shape index (κ2) is 18.5. The van der Waals surface area contributed by atoms with Gasteiger partial charge in [0.2, 0.25) is 0 Å². The summed E-state index contributed by atoms with van der Waals surface area (Å²) in [6.07, 6.45) is 19.8. The molecule has 3 fully saturated rings. The minimum Gasteiger partial charge on any atom is -0.459 e. The highest BCUT2D eigenvalue weighted by atomic mass is 16.8. The van der Waals surface area contributed by atoms with E-state index in [2.05, 4.69) is 38.1 Å². The summed E-state index contributed by atoms with van der Waals surface area (Å²) in [5.74, 6) is 1.25. The molecule has 2 saturated carbocycles. The van der Waals surface area contributed by atoms with E-state index in [1.807, 2.05) is 38.1 Å². The summed E-state index contributed by atoms with van der Waals surface area (Å²) in [6.45, 7) is 8.21. The molecule has 2 atom stereocenters. The Kier molecular flexibility index (Phi) is 14.2. The molecule has 6 heteroatoms. The fourth-order valence-electron chi connectivity index (χ4n) is 8.39. The molecule has 0 bridgehead atoms. The average Bonchev–Trinajstić information content (AvgIpc) is 3.43. The predicted octanol–water partition coefficient (Wildman–Crippen LogP) is 10.9. The fourth-order valence-corrected chi connectivity index (χ4v) is 8.39. The van der Waals surface area contributed by atoms with E-state index in [9.17, 15) is 9.59 Å². The van der Waals surface area contributed by atoms with Crippen LogP contribution in [0.1, 0.15) is 174 Å². The largest absolute Gasteiger partial charge is 0.459 e. The van der Waals surface area contributed by atoms with Gasteiger partial charge in [-0.2, -0.15) is 0 Å². The summed E-state index contributed by atoms with van der Waals surface area (Å²) in [5, 5.41) is 0. The standard InChI is InChI=1S/C43H62O6/c1-5-7-9-11-31-13-17-33(18-14-31)35-21-25-37(26-22-35)41(44)46-29-39-40(49-43(3,4)48-39)30-47-42(45)38-27-23-36(24-28-38)34-19-15-32(16-20-34)12-10-8-6-2/h21-28,31-34,39-40H,5-20,29-30H2,1-4H3/t31?,32?,33?,34?,39-,40-/m1/s1. The molecule has 3 aliphatic rings. The molecule has 0 amide bonds. The van der Waals surface area contributed by atoms with E-state index in [-0.39, 0.29) is 25.2 Å². The molecule has 1 saturated heterocycles. The maximum atomic E-state index is 13.0. The Hall–Kier alpha value is -2.70. The first kappa shape index (κ1) is 37.6. The molecule has 5 rings (SSSR count). The van der Waals surface area contributed by atoms with E-state index < -0.39 is 18.0 Å². The van der Waals surface area contributed by atoms with Gasteiger partial charge in [-0.05, 0) is 124 Å². The Morgan fingerprint density at radius 2 is 0.959 bits per heavy atom. The van der Waals surface area contributed by atoms with Gasteiger partial charge in [0.05, 0.1) is 11.1 Å². The molecule has 2 aliphatic carbocycles. The van der Waals surface area contributed by atoms with Gasteiger partial charge in [0.15, 0.2) is 5.79 Å². The summed E-state index contributed by atoms with van der Waals surface area (Å²) in [6, 6.07) is 15.9. The van der Waals surface area contributed by atoms with Gasteiger partial charge in [-0.25, -0.2) is 9.59 Å². The Morgan fingerprint density at radius 1 is 0.592 bits per heavy atom. The maximum absolute atomic E-state index is 13.0. The van der Waals surface area contributed by atoms with Crippen LogP contribution in [0.4, 0.5) is 0 Å². The first-order valence-corrected chi connectivity index (χ1v) is 19.6. The summed E-state index contributed by atoms with van der Waals surface area (Å²) in [4.78, 5) is 26.0. The summed E-state index contributed by atoms with van der Waals surface area (Å²) < 4.78 is 23.5. The molecule has 0 spiro atoms. The number of esters is 2. The zero-order valence-electron chi connectivity index (χ0n) is 30.8. The number of ether oxygens (including phenoxy) is 4. The molecular formula is C43H62O6. The molecule has 270 valence electrons. The normalized spacial score (nSPS) is 26.7. The molecule has 0 unspecified atom stereocenters. The molecule has 0 radical (unpaired) electrons. The van der Waals surface area contributed by atoms with Crippen LogP contribution in [0.3, 0.4) is 0 Å². The third-order valence-electron chi connectivity index (χ3n) is 11.4. The summed E-state index contributed by atoms with van der Waals surface area (Å²) in [5.41, 5.74) is 3.69. The molecule has 49 heavy (non-hydrogen) atoms. The number of rotatable bonds is 16. The molecule has 2 aromatic carbocycles. The molecule has 0 N–H and O–H groups in total. The van der Waals surface area contributed by atoms with Crippen molar-refractivity contribution in [3.05, 3.63) is 70.8 Å². The second-order valence-electron chi connectivity index (χ2n) is 15.6. The van der Waals surface area contributed by atoms with Crippen molar-refractivity contribution in [2.45, 2.75) is 160 Å². The van der Waals surface area contributed by atoms with Crippen molar-refractivity contribution in [1.29, 1.82) is 0 Å². The van der Waals surface area contributed by atoms with Crippen molar-refractivity contribution >= 4 is 11.9 Å². The van der Waals surface area contributed by atoms with Crippen LogP contribution in [0.15, 0.2) is 48.5 Å². The Morgan fingerprint density at radius 3 is 1.31 bits per heavy atom. The van der Waals surface area contributed by atoms with E-state index in [0.29, 0.717) is 23.0 Å². The van der Waals surface area contributed by atoms with Crippen LogP contribution in [-0.4, -0.2) is 43.1 Å². The highest BCUT2D eigenvalue weighted by molar-refractivity contribution is 5.90. The monoisotopic (exact) mass is 674 g/mol. The lowest BCUT2D eigenvalue weighted by Gasteiger charge is -2.29. The first-order valence-electron chi connectivity index (χ1n) is 19.6. The van der Waals surface area contributed by atoms with Gasteiger partial charge >= 0.3 is 11.9 Å². The lowest BCUT2D eigenvalue weighted by atomic mass is 9.77. The van der Waals surface area contributed by atoms with E-state index in [1.165, 1.54) is 114 Å². The fraction of sp³-hybridized carbons (Fsp3) is 0.674. The van der Waals surface area contributed by atoms with Crippen molar-refractivity contribution < 1.29 is 28.5 Å². The summed E-state index contributed by atoms with van der Waals surface area (Å²) >= 11 is 0. The smallest absolute Gasteiger partial charge is 0.338 e. The zero-order chi connectivity index (χ0) is 34.6. The lowest BCUT2D eigenvalue weighted by Crippen LogP contribution is -2.33. The highest BCUT2D eigenvalue weighted by Gasteiger charge is 2.42. The van der Waals surface area contributed by atoms with Gasteiger partial charge in [-0.1, -0.05) is 89.5 Å². The van der Waals surface area contributed by atoms with Crippen LogP contribution in [0.25, 0.3) is 0 Å². The van der Waals surface area contributed by atoms with Crippen LogP contribution in [0.5, 0.6) is 0 Å². The van der Waals surface area contributed by atoms with Crippen molar-refractivity contribution in [3.8, 4) is 0 Å². The Balaban J connectivity index is 1.05. The number of carbonyl (C=O) groups excluding carboxylic acids is 2. The van der Waals surface area contributed by atoms with Crippen LogP contribution in [0.2, 0.25) is 0 Å². The van der Waals surface area contributed by atoms with Crippen molar-refractivity contribution in [2.75, 3.05) is 13.2 Å². The summed E-state index contributed by atoms with van der Waals surface area (Å²) in [7, 11) is 0. The van der Waals surface area contributed by atoms with Gasteiger partial charge in [0.1, 0.15) is 25.4 Å². The minimum absolute atomic E-state index is 0.0177. The molecule has 1 heterocycles. The predicted molar refractivity (Wildman–Crippen MR) is 195 cm³/mol. The topological polar surface area (TPSA) is 71.1 Å².